The summed E-state index contributed by atoms with van der Waals surface area (Å²) in [6.45, 7) is 4.30. The molecule has 0 atom stereocenters. The van der Waals surface area contributed by atoms with Crippen molar-refractivity contribution in [1.29, 1.82) is 0 Å². The Morgan fingerprint density at radius 1 is 1.16 bits per heavy atom. The number of para-hydroxylation sites is 1. The van der Waals surface area contributed by atoms with E-state index < -0.39 is 10.0 Å². The first-order valence-electron chi connectivity index (χ1n) is 8.32. The number of sulfonamides is 1. The van der Waals surface area contributed by atoms with E-state index in [2.05, 4.69) is 5.32 Å². The molecule has 0 bridgehead atoms. The molecule has 0 fully saturated rings. The number of aryl methyl sites for hydroxylation is 2. The maximum absolute atomic E-state index is 12.6. The Morgan fingerprint density at radius 3 is 2.72 bits per heavy atom. The van der Waals surface area contributed by atoms with Crippen LogP contribution in [0.25, 0.3) is 0 Å². The molecule has 0 radical (unpaired) electrons. The van der Waals surface area contributed by atoms with Crippen molar-refractivity contribution in [1.82, 2.24) is 0 Å². The van der Waals surface area contributed by atoms with Crippen LogP contribution >= 0.6 is 0 Å². The van der Waals surface area contributed by atoms with E-state index in [1.807, 2.05) is 56.3 Å². The van der Waals surface area contributed by atoms with E-state index in [-0.39, 0.29) is 18.1 Å². The molecule has 2 aromatic carbocycles. The van der Waals surface area contributed by atoms with Gasteiger partial charge in [-0.15, -0.1) is 0 Å². The fourth-order valence-electron chi connectivity index (χ4n) is 3.01. The van der Waals surface area contributed by atoms with Gasteiger partial charge in [-0.1, -0.05) is 30.3 Å². The number of carbonyl (C=O) groups is 1. The van der Waals surface area contributed by atoms with Crippen molar-refractivity contribution < 1.29 is 13.2 Å². The lowest BCUT2D eigenvalue weighted by atomic mass is 10.1. The average Bonchev–Trinajstić information content (AvgIpc) is 3.01. The molecule has 25 heavy (non-hydrogen) atoms. The lowest BCUT2D eigenvalue weighted by molar-refractivity contribution is -0.115. The van der Waals surface area contributed by atoms with Gasteiger partial charge < -0.3 is 5.32 Å². The molecule has 0 aromatic heterocycles. The van der Waals surface area contributed by atoms with Crippen molar-refractivity contribution in [2.24, 2.45) is 0 Å². The molecule has 132 valence electrons. The zero-order valence-electron chi connectivity index (χ0n) is 14.5. The van der Waals surface area contributed by atoms with E-state index in [9.17, 15) is 13.2 Å². The zero-order valence-corrected chi connectivity index (χ0v) is 15.3. The number of hydrogen-bond donors (Lipinski definition) is 1. The van der Waals surface area contributed by atoms with Crippen molar-refractivity contribution in [3.05, 3.63) is 59.2 Å². The highest BCUT2D eigenvalue weighted by molar-refractivity contribution is 7.92. The lowest BCUT2D eigenvalue weighted by Crippen LogP contribution is -2.32. The van der Waals surface area contributed by atoms with Crippen molar-refractivity contribution >= 4 is 27.3 Å². The van der Waals surface area contributed by atoms with E-state index in [4.69, 9.17) is 0 Å². The van der Waals surface area contributed by atoms with Gasteiger partial charge in [-0.2, -0.15) is 0 Å². The van der Waals surface area contributed by atoms with Crippen LogP contribution in [0.3, 0.4) is 0 Å². The molecule has 1 amide bonds. The largest absolute Gasteiger partial charge is 0.326 e. The number of amides is 1. The highest BCUT2D eigenvalue weighted by Gasteiger charge is 2.29. The molecule has 6 heteroatoms. The van der Waals surface area contributed by atoms with Gasteiger partial charge in [0.2, 0.25) is 15.9 Å². The quantitative estimate of drug-likeness (QED) is 0.893. The minimum absolute atomic E-state index is 0.0611. The summed E-state index contributed by atoms with van der Waals surface area (Å²) in [6, 6.07) is 13.3. The summed E-state index contributed by atoms with van der Waals surface area (Å²) in [5.41, 5.74) is 4.50. The topological polar surface area (TPSA) is 66.5 Å². The Balaban J connectivity index is 1.65. The van der Waals surface area contributed by atoms with Crippen LogP contribution in [0.1, 0.15) is 23.1 Å². The van der Waals surface area contributed by atoms with Gasteiger partial charge >= 0.3 is 0 Å². The van der Waals surface area contributed by atoms with Crippen LogP contribution < -0.4 is 9.62 Å². The summed E-state index contributed by atoms with van der Waals surface area (Å²) in [6.07, 6.45) is 0.651. The standard InChI is InChI=1S/C19H22N2O3S/c1-14-7-8-15(2)17(13-14)20-19(22)10-12-25(23,24)21-11-9-16-5-3-4-6-18(16)21/h3-8,13H,9-12H2,1-2H3,(H,20,22). The molecule has 1 aliphatic rings. The predicted octanol–water partition coefficient (Wildman–Crippen LogP) is 3.02. The minimum atomic E-state index is -3.51. The van der Waals surface area contributed by atoms with Gasteiger partial charge in [0.05, 0.1) is 11.4 Å². The van der Waals surface area contributed by atoms with E-state index >= 15 is 0 Å². The molecule has 2 aromatic rings. The number of rotatable bonds is 5. The normalized spacial score (nSPS) is 13.6. The Bertz CT molecular complexity index is 907. The molecule has 5 nitrogen and oxygen atoms in total. The monoisotopic (exact) mass is 358 g/mol. The fraction of sp³-hybridized carbons (Fsp3) is 0.316. The number of nitrogens with zero attached hydrogens (tertiary/aromatic N) is 1. The third-order valence-corrected chi connectivity index (χ3v) is 6.21. The first-order chi connectivity index (χ1) is 11.9. The number of anilines is 2. The smallest absolute Gasteiger partial charge is 0.235 e. The van der Waals surface area contributed by atoms with E-state index in [0.717, 1.165) is 28.1 Å². The summed E-state index contributed by atoms with van der Waals surface area (Å²) in [5, 5.41) is 2.81. The third-order valence-electron chi connectivity index (χ3n) is 4.43. The Hall–Kier alpha value is -2.34. The Morgan fingerprint density at radius 2 is 1.92 bits per heavy atom. The van der Waals surface area contributed by atoms with Gasteiger partial charge in [-0.3, -0.25) is 9.10 Å². The van der Waals surface area contributed by atoms with Crippen LogP contribution in [-0.2, 0) is 21.2 Å². The maximum Gasteiger partial charge on any atom is 0.235 e. The van der Waals surface area contributed by atoms with Gasteiger partial charge in [-0.05, 0) is 49.1 Å². The van der Waals surface area contributed by atoms with E-state index in [1.165, 1.54) is 4.31 Å². The molecule has 0 spiro atoms. The molecule has 1 aliphatic heterocycles. The Kier molecular flexibility index (Phi) is 4.81. The Labute approximate surface area is 148 Å². The minimum Gasteiger partial charge on any atom is -0.326 e. The average molecular weight is 358 g/mol. The molecule has 1 heterocycles. The van der Waals surface area contributed by atoms with Crippen LogP contribution in [0.5, 0.6) is 0 Å². The number of benzene rings is 2. The first-order valence-corrected chi connectivity index (χ1v) is 9.93. The van der Waals surface area contributed by atoms with Crippen LogP contribution in [-0.4, -0.2) is 26.6 Å². The summed E-state index contributed by atoms with van der Waals surface area (Å²) in [4.78, 5) is 12.2. The maximum atomic E-state index is 12.6. The van der Waals surface area contributed by atoms with Crippen molar-refractivity contribution in [2.45, 2.75) is 26.7 Å². The second-order valence-corrected chi connectivity index (χ2v) is 8.40. The van der Waals surface area contributed by atoms with Gasteiger partial charge in [0.25, 0.3) is 0 Å². The fourth-order valence-corrected chi connectivity index (χ4v) is 4.52. The van der Waals surface area contributed by atoms with Crippen LogP contribution in [0.2, 0.25) is 0 Å². The van der Waals surface area contributed by atoms with Crippen LogP contribution in [0, 0.1) is 13.8 Å². The number of fused-ring (bicyclic) bond motifs is 1. The zero-order chi connectivity index (χ0) is 18.0. The predicted molar refractivity (Wildman–Crippen MR) is 100 cm³/mol. The molecule has 0 unspecified atom stereocenters. The highest BCUT2D eigenvalue weighted by atomic mass is 32.2. The lowest BCUT2D eigenvalue weighted by Gasteiger charge is -2.19. The second kappa shape index (κ2) is 6.88. The first kappa shape index (κ1) is 17.5. The van der Waals surface area contributed by atoms with Gasteiger partial charge in [-0.25, -0.2) is 8.42 Å². The van der Waals surface area contributed by atoms with Crippen molar-refractivity contribution in [3.63, 3.8) is 0 Å². The van der Waals surface area contributed by atoms with Gasteiger partial charge in [0, 0.05) is 18.7 Å². The summed E-state index contributed by atoms with van der Waals surface area (Å²) in [7, 11) is -3.51. The van der Waals surface area contributed by atoms with Gasteiger partial charge in [0.1, 0.15) is 0 Å². The summed E-state index contributed by atoms with van der Waals surface area (Å²) >= 11 is 0. The van der Waals surface area contributed by atoms with Crippen LogP contribution in [0.15, 0.2) is 42.5 Å². The number of nitrogens with one attached hydrogen (secondary N) is 1. The van der Waals surface area contributed by atoms with E-state index in [0.29, 0.717) is 13.0 Å². The molecule has 0 aliphatic carbocycles. The SMILES string of the molecule is Cc1ccc(C)c(NC(=O)CCS(=O)(=O)N2CCc3ccccc32)c1. The van der Waals surface area contributed by atoms with Crippen molar-refractivity contribution in [3.8, 4) is 0 Å². The molecule has 0 saturated carbocycles. The van der Waals surface area contributed by atoms with Crippen LogP contribution in [0.4, 0.5) is 11.4 Å². The summed E-state index contributed by atoms with van der Waals surface area (Å²) in [5.74, 6) is -0.484. The molecular formula is C19H22N2O3S. The highest BCUT2D eigenvalue weighted by Crippen LogP contribution is 2.30. The molecule has 3 rings (SSSR count). The third kappa shape index (κ3) is 3.85. The number of hydrogen-bond acceptors (Lipinski definition) is 3. The van der Waals surface area contributed by atoms with Crippen molar-refractivity contribution in [2.75, 3.05) is 21.9 Å². The number of carbonyl (C=O) groups excluding carboxylic acids is 1. The van der Waals surface area contributed by atoms with E-state index in [1.54, 1.807) is 0 Å². The second-order valence-electron chi connectivity index (χ2n) is 6.38. The molecular weight excluding hydrogens is 336 g/mol. The van der Waals surface area contributed by atoms with Gasteiger partial charge in [0.15, 0.2) is 0 Å². The molecule has 1 N–H and O–H groups in total. The summed E-state index contributed by atoms with van der Waals surface area (Å²) < 4.78 is 26.7. The molecule has 0 saturated heterocycles.